The fourth-order valence-electron chi connectivity index (χ4n) is 3.03. The van der Waals surface area contributed by atoms with E-state index in [1.165, 1.54) is 0 Å². The number of primary amides is 1. The number of nitrogens with zero attached hydrogens (tertiary/aromatic N) is 3. The normalized spacial score (nSPS) is 12.3. The van der Waals surface area contributed by atoms with Crippen LogP contribution in [0.25, 0.3) is 16.4 Å². The van der Waals surface area contributed by atoms with Crippen LogP contribution in [0.2, 0.25) is 0 Å². The minimum absolute atomic E-state index is 0.199. The van der Waals surface area contributed by atoms with Crippen molar-refractivity contribution in [1.29, 1.82) is 0 Å². The Labute approximate surface area is 165 Å². The zero-order valence-electron chi connectivity index (χ0n) is 14.8. The number of rotatable bonds is 7. The molecule has 136 valence electrons. The number of hydrogen-bond donors (Lipinski definition) is 1. The lowest BCUT2D eigenvalue weighted by Crippen LogP contribution is -2.16. The second-order valence-corrected chi connectivity index (χ2v) is 8.14. The molecule has 2 N–H and O–H groups in total. The number of thiazole rings is 1. The Kier molecular flexibility index (Phi) is 5.88. The molecular weight excluding hydrogens is 412 g/mol. The Balaban J connectivity index is 1.86. The van der Waals surface area contributed by atoms with Gasteiger partial charge in [0.25, 0.3) is 0 Å². The van der Waals surface area contributed by atoms with Gasteiger partial charge in [0.15, 0.2) is 0 Å². The number of halogens is 1. The maximum atomic E-state index is 11.1. The minimum Gasteiger partial charge on any atom is -0.370 e. The van der Waals surface area contributed by atoms with E-state index < -0.39 is 0 Å². The number of nitrogens with two attached hydrogens (primary N) is 1. The van der Waals surface area contributed by atoms with Gasteiger partial charge in [0, 0.05) is 27.5 Å². The SMILES string of the molecule is CCc1c(CC(C)CC(N)=O)cnn1-c1nc(-c2ccc(Br)cc2)cs1. The zero-order chi connectivity index (χ0) is 18.7. The van der Waals surface area contributed by atoms with Crippen molar-refractivity contribution >= 4 is 33.2 Å². The van der Waals surface area contributed by atoms with E-state index in [4.69, 9.17) is 10.7 Å². The molecule has 0 aliphatic rings. The molecule has 0 radical (unpaired) electrons. The Bertz CT molecular complexity index is 901. The van der Waals surface area contributed by atoms with Gasteiger partial charge in [-0.1, -0.05) is 41.9 Å². The van der Waals surface area contributed by atoms with E-state index in [0.717, 1.165) is 45.0 Å². The van der Waals surface area contributed by atoms with Crippen LogP contribution in [-0.2, 0) is 17.6 Å². The summed E-state index contributed by atoms with van der Waals surface area (Å²) in [6.45, 7) is 4.15. The fourth-order valence-corrected chi connectivity index (χ4v) is 4.10. The first-order valence-corrected chi connectivity index (χ1v) is 10.2. The van der Waals surface area contributed by atoms with Crippen LogP contribution in [0, 0.1) is 5.92 Å². The van der Waals surface area contributed by atoms with E-state index in [1.807, 2.05) is 42.1 Å². The molecule has 0 spiro atoms. The van der Waals surface area contributed by atoms with Crippen molar-refractivity contribution in [2.75, 3.05) is 0 Å². The smallest absolute Gasteiger partial charge is 0.217 e. The molecule has 26 heavy (non-hydrogen) atoms. The van der Waals surface area contributed by atoms with Crippen LogP contribution in [0.5, 0.6) is 0 Å². The van der Waals surface area contributed by atoms with Crippen molar-refractivity contribution in [2.24, 2.45) is 11.7 Å². The number of aromatic nitrogens is 3. The van der Waals surface area contributed by atoms with Gasteiger partial charge in [-0.25, -0.2) is 9.67 Å². The summed E-state index contributed by atoms with van der Waals surface area (Å²) in [7, 11) is 0. The van der Waals surface area contributed by atoms with E-state index in [-0.39, 0.29) is 11.8 Å². The highest BCUT2D eigenvalue weighted by molar-refractivity contribution is 9.10. The van der Waals surface area contributed by atoms with Gasteiger partial charge in [0.05, 0.1) is 11.9 Å². The highest BCUT2D eigenvalue weighted by atomic mass is 79.9. The highest BCUT2D eigenvalue weighted by Gasteiger charge is 2.17. The summed E-state index contributed by atoms with van der Waals surface area (Å²) >= 11 is 5.03. The van der Waals surface area contributed by atoms with Crippen molar-refractivity contribution in [3.8, 4) is 16.4 Å². The highest BCUT2D eigenvalue weighted by Crippen LogP contribution is 2.27. The molecule has 0 fully saturated rings. The summed E-state index contributed by atoms with van der Waals surface area (Å²) in [6, 6.07) is 8.11. The average Bonchev–Trinajstić information content (AvgIpc) is 3.21. The van der Waals surface area contributed by atoms with Crippen LogP contribution >= 0.6 is 27.3 Å². The van der Waals surface area contributed by atoms with E-state index in [0.29, 0.717) is 6.42 Å². The molecule has 7 heteroatoms. The third-order valence-electron chi connectivity index (χ3n) is 4.22. The Morgan fingerprint density at radius 3 is 2.73 bits per heavy atom. The standard InChI is InChI=1S/C19H21BrN4OS/c1-3-17-14(8-12(2)9-18(21)25)10-22-24(17)19-23-16(11-26-19)13-4-6-15(20)7-5-13/h4-7,10-12H,3,8-9H2,1-2H3,(H2,21,25). The largest absolute Gasteiger partial charge is 0.370 e. The molecule has 0 aliphatic heterocycles. The first kappa shape index (κ1) is 18.8. The molecule has 0 saturated carbocycles. The summed E-state index contributed by atoms with van der Waals surface area (Å²) in [5, 5.41) is 7.46. The lowest BCUT2D eigenvalue weighted by molar-refractivity contribution is -0.118. The van der Waals surface area contributed by atoms with Crippen LogP contribution in [0.15, 0.2) is 40.3 Å². The van der Waals surface area contributed by atoms with E-state index in [2.05, 4.69) is 33.3 Å². The molecule has 0 saturated heterocycles. The fraction of sp³-hybridized carbons (Fsp3) is 0.316. The number of benzene rings is 1. The third-order valence-corrected chi connectivity index (χ3v) is 5.57. The van der Waals surface area contributed by atoms with E-state index in [9.17, 15) is 4.79 Å². The predicted molar refractivity (Wildman–Crippen MR) is 108 cm³/mol. The molecule has 5 nitrogen and oxygen atoms in total. The molecule has 1 amide bonds. The molecule has 2 heterocycles. The van der Waals surface area contributed by atoms with Crippen LogP contribution in [0.1, 0.15) is 31.5 Å². The van der Waals surface area contributed by atoms with Gasteiger partial charge >= 0.3 is 0 Å². The van der Waals surface area contributed by atoms with E-state index >= 15 is 0 Å². The topological polar surface area (TPSA) is 73.8 Å². The summed E-state index contributed by atoms with van der Waals surface area (Å²) in [6.07, 6.45) is 3.92. The molecule has 1 atom stereocenters. The summed E-state index contributed by atoms with van der Waals surface area (Å²) < 4.78 is 2.96. The Hall–Kier alpha value is -1.99. The Morgan fingerprint density at radius 1 is 1.35 bits per heavy atom. The second kappa shape index (κ2) is 8.14. The predicted octanol–water partition coefficient (Wildman–Crippen LogP) is 4.37. The first-order chi connectivity index (χ1) is 12.5. The van der Waals surface area contributed by atoms with Crippen molar-refractivity contribution in [1.82, 2.24) is 14.8 Å². The molecule has 0 aliphatic carbocycles. The summed E-state index contributed by atoms with van der Waals surface area (Å²) in [4.78, 5) is 15.9. The van der Waals surface area contributed by atoms with Crippen molar-refractivity contribution in [3.63, 3.8) is 0 Å². The maximum Gasteiger partial charge on any atom is 0.217 e. The van der Waals surface area contributed by atoms with Crippen LogP contribution in [0.4, 0.5) is 0 Å². The summed E-state index contributed by atoms with van der Waals surface area (Å²) in [5.74, 6) is -0.0629. The second-order valence-electron chi connectivity index (χ2n) is 6.38. The summed E-state index contributed by atoms with van der Waals surface area (Å²) in [5.41, 5.74) is 9.62. The van der Waals surface area contributed by atoms with Crippen molar-refractivity contribution in [2.45, 2.75) is 33.1 Å². The zero-order valence-corrected chi connectivity index (χ0v) is 17.2. The molecule has 1 unspecified atom stereocenters. The molecular formula is C19H21BrN4OS. The first-order valence-electron chi connectivity index (χ1n) is 8.53. The number of carbonyl (C=O) groups is 1. The monoisotopic (exact) mass is 432 g/mol. The third kappa shape index (κ3) is 4.22. The van der Waals surface area contributed by atoms with Crippen LogP contribution < -0.4 is 5.73 Å². The molecule has 0 bridgehead atoms. The van der Waals surface area contributed by atoms with Gasteiger partial charge in [-0.05, 0) is 36.5 Å². The van der Waals surface area contributed by atoms with Gasteiger partial charge in [0.2, 0.25) is 11.0 Å². The lowest BCUT2D eigenvalue weighted by atomic mass is 9.97. The average molecular weight is 433 g/mol. The maximum absolute atomic E-state index is 11.1. The lowest BCUT2D eigenvalue weighted by Gasteiger charge is -2.10. The van der Waals surface area contributed by atoms with Gasteiger partial charge < -0.3 is 5.73 Å². The van der Waals surface area contributed by atoms with E-state index in [1.54, 1.807) is 11.3 Å². The van der Waals surface area contributed by atoms with Gasteiger partial charge in [-0.3, -0.25) is 4.79 Å². The van der Waals surface area contributed by atoms with Crippen molar-refractivity contribution < 1.29 is 4.79 Å². The van der Waals surface area contributed by atoms with Crippen molar-refractivity contribution in [3.05, 3.63) is 51.6 Å². The Morgan fingerprint density at radius 2 is 2.08 bits per heavy atom. The van der Waals surface area contributed by atoms with Gasteiger partial charge in [-0.15, -0.1) is 11.3 Å². The number of amides is 1. The quantitative estimate of drug-likeness (QED) is 0.601. The molecule has 1 aromatic carbocycles. The van der Waals surface area contributed by atoms with Gasteiger partial charge in [-0.2, -0.15) is 5.10 Å². The van der Waals surface area contributed by atoms with Crippen LogP contribution in [0.3, 0.4) is 0 Å². The number of carbonyl (C=O) groups excluding carboxylic acids is 1. The van der Waals surface area contributed by atoms with Crippen LogP contribution in [-0.4, -0.2) is 20.7 Å². The molecule has 2 aromatic heterocycles. The molecule has 3 aromatic rings. The molecule has 3 rings (SSSR count). The minimum atomic E-state index is -0.262. The number of hydrogen-bond acceptors (Lipinski definition) is 4. The van der Waals surface area contributed by atoms with Gasteiger partial charge in [0.1, 0.15) is 0 Å².